The van der Waals surface area contributed by atoms with Gasteiger partial charge in [-0.3, -0.25) is 4.79 Å². The Morgan fingerprint density at radius 1 is 1.71 bits per heavy atom. The lowest BCUT2D eigenvalue weighted by Crippen LogP contribution is -2.10. The summed E-state index contributed by atoms with van der Waals surface area (Å²) in [7, 11) is 1.18. The topological polar surface area (TPSA) is 63.0 Å². The highest BCUT2D eigenvalue weighted by molar-refractivity contribution is 14.1. The molecule has 90 valence electrons. The lowest BCUT2D eigenvalue weighted by molar-refractivity contribution is -0.139. The molecule has 0 saturated heterocycles. The van der Waals surface area contributed by atoms with E-state index in [1.54, 1.807) is 28.7 Å². The zero-order valence-electron chi connectivity index (χ0n) is 8.71. The van der Waals surface area contributed by atoms with E-state index in [1.807, 2.05) is 0 Å². The van der Waals surface area contributed by atoms with Crippen LogP contribution in [0.2, 0.25) is 0 Å². The molecule has 0 spiro atoms. The number of hydrogen-bond acceptors (Lipinski definition) is 4. The average molecular weight is 352 g/mol. The number of esters is 1. The van der Waals surface area contributed by atoms with Crippen molar-refractivity contribution in [1.82, 2.24) is 4.98 Å². The third kappa shape index (κ3) is 3.33. The van der Waals surface area contributed by atoms with Crippen molar-refractivity contribution in [3.63, 3.8) is 0 Å². The Hall–Kier alpha value is -1.30. The summed E-state index contributed by atoms with van der Waals surface area (Å²) in [5.41, 5.74) is -0.654. The minimum Gasteiger partial charge on any atom is -0.469 e. The van der Waals surface area contributed by atoms with E-state index in [0.717, 1.165) is 6.07 Å². The normalized spacial score (nSPS) is 10.1. The number of hydrogen-bond donors (Lipinski definition) is 0. The standard InChI is InChI=1S/C10H7F2IN2O2/c1-17-9(16)3-7-6(4-14)5(10(11)12)2-8(13)15-7/h2,10H,3H2,1H3. The number of nitrogens with zero attached hydrogens (tertiary/aromatic N) is 2. The third-order valence-electron chi connectivity index (χ3n) is 1.98. The second-order valence-electron chi connectivity index (χ2n) is 3.02. The quantitative estimate of drug-likeness (QED) is 0.475. The first-order valence-corrected chi connectivity index (χ1v) is 5.51. The van der Waals surface area contributed by atoms with E-state index in [-0.39, 0.29) is 17.7 Å². The summed E-state index contributed by atoms with van der Waals surface area (Å²) in [5.74, 6) is -0.629. The Morgan fingerprint density at radius 3 is 2.82 bits per heavy atom. The fraction of sp³-hybridized carbons (Fsp3) is 0.300. The summed E-state index contributed by atoms with van der Waals surface area (Å²) < 4.78 is 30.1. The fourth-order valence-electron chi connectivity index (χ4n) is 1.22. The number of aromatic nitrogens is 1. The highest BCUT2D eigenvalue weighted by atomic mass is 127. The van der Waals surface area contributed by atoms with Crippen molar-refractivity contribution < 1.29 is 18.3 Å². The molecule has 4 nitrogen and oxygen atoms in total. The number of carbonyl (C=O) groups excluding carboxylic acids is 1. The summed E-state index contributed by atoms with van der Waals surface area (Å²) in [6.07, 6.45) is -3.08. The number of halogens is 3. The number of ether oxygens (including phenoxy) is 1. The largest absolute Gasteiger partial charge is 0.469 e. The molecule has 0 aliphatic heterocycles. The van der Waals surface area contributed by atoms with Gasteiger partial charge in [0.2, 0.25) is 0 Å². The maximum atomic E-state index is 12.7. The molecule has 0 atom stereocenters. The van der Waals surface area contributed by atoms with E-state index in [4.69, 9.17) is 5.26 Å². The minimum absolute atomic E-state index is 0.0153. The van der Waals surface area contributed by atoms with Gasteiger partial charge in [0.25, 0.3) is 6.43 Å². The molecule has 0 aromatic carbocycles. The second-order valence-corrected chi connectivity index (χ2v) is 4.13. The molecule has 1 aromatic rings. The van der Waals surface area contributed by atoms with Crippen molar-refractivity contribution in [2.45, 2.75) is 12.8 Å². The van der Waals surface area contributed by atoms with E-state index < -0.39 is 18.0 Å². The van der Waals surface area contributed by atoms with Crippen LogP contribution in [0.25, 0.3) is 0 Å². The predicted molar refractivity (Wildman–Crippen MR) is 62.3 cm³/mol. The maximum Gasteiger partial charge on any atom is 0.311 e. The van der Waals surface area contributed by atoms with Gasteiger partial charge in [0, 0.05) is 5.56 Å². The lowest BCUT2D eigenvalue weighted by Gasteiger charge is -2.08. The van der Waals surface area contributed by atoms with Gasteiger partial charge in [0.05, 0.1) is 24.8 Å². The Bertz CT molecular complexity index is 486. The van der Waals surface area contributed by atoms with Crippen LogP contribution in [0.1, 0.15) is 23.2 Å². The van der Waals surface area contributed by atoms with Crippen LogP contribution in [-0.2, 0) is 16.0 Å². The molecule has 7 heteroatoms. The average Bonchev–Trinajstić information content (AvgIpc) is 2.28. The summed E-state index contributed by atoms with van der Waals surface area (Å²) >= 11 is 1.75. The molecule has 0 unspecified atom stereocenters. The highest BCUT2D eigenvalue weighted by Crippen LogP contribution is 2.26. The van der Waals surface area contributed by atoms with Crippen molar-refractivity contribution in [3.05, 3.63) is 26.6 Å². The van der Waals surface area contributed by atoms with Crippen LogP contribution >= 0.6 is 22.6 Å². The van der Waals surface area contributed by atoms with Gasteiger partial charge in [0.1, 0.15) is 9.77 Å². The van der Waals surface area contributed by atoms with Crippen molar-refractivity contribution in [2.24, 2.45) is 0 Å². The number of carbonyl (C=O) groups is 1. The number of nitriles is 1. The molecule has 0 aliphatic rings. The number of pyridine rings is 1. The van der Waals surface area contributed by atoms with Crippen LogP contribution in [0.15, 0.2) is 6.07 Å². The van der Waals surface area contributed by atoms with Gasteiger partial charge in [-0.05, 0) is 28.7 Å². The molecule has 17 heavy (non-hydrogen) atoms. The molecule has 0 aliphatic carbocycles. The van der Waals surface area contributed by atoms with Crippen LogP contribution < -0.4 is 0 Å². The zero-order chi connectivity index (χ0) is 13.0. The molecule has 0 amide bonds. The number of rotatable bonds is 3. The maximum absolute atomic E-state index is 12.7. The van der Waals surface area contributed by atoms with Gasteiger partial charge in [0.15, 0.2) is 0 Å². The Labute approximate surface area is 110 Å². The molecule has 0 N–H and O–H groups in total. The van der Waals surface area contributed by atoms with Gasteiger partial charge >= 0.3 is 5.97 Å². The van der Waals surface area contributed by atoms with Crippen LogP contribution in [0.5, 0.6) is 0 Å². The number of alkyl halides is 2. The summed E-state index contributed by atoms with van der Waals surface area (Å²) in [5, 5.41) is 8.85. The third-order valence-corrected chi connectivity index (χ3v) is 2.53. The highest BCUT2D eigenvalue weighted by Gasteiger charge is 2.20. The van der Waals surface area contributed by atoms with Gasteiger partial charge in [-0.2, -0.15) is 5.26 Å². The Kier molecular flexibility index (Phi) is 4.74. The molecule has 1 aromatic heterocycles. The first-order valence-electron chi connectivity index (χ1n) is 4.44. The van der Waals surface area contributed by atoms with Crippen LogP contribution in [0.3, 0.4) is 0 Å². The minimum atomic E-state index is -2.78. The Morgan fingerprint density at radius 2 is 2.35 bits per heavy atom. The first kappa shape index (κ1) is 13.8. The van der Waals surface area contributed by atoms with E-state index in [2.05, 4.69) is 9.72 Å². The summed E-state index contributed by atoms with van der Waals surface area (Å²) in [4.78, 5) is 15.0. The first-order chi connectivity index (χ1) is 7.99. The molecule has 0 fully saturated rings. The summed E-state index contributed by atoms with van der Waals surface area (Å²) in [6, 6.07) is 2.78. The Balaban J connectivity index is 3.29. The summed E-state index contributed by atoms with van der Waals surface area (Å²) in [6.45, 7) is 0. The van der Waals surface area contributed by atoms with Gasteiger partial charge < -0.3 is 4.74 Å². The van der Waals surface area contributed by atoms with E-state index in [9.17, 15) is 13.6 Å². The van der Waals surface area contributed by atoms with Gasteiger partial charge in [-0.25, -0.2) is 13.8 Å². The molecule has 0 saturated carbocycles. The van der Waals surface area contributed by atoms with Crippen LogP contribution in [0.4, 0.5) is 8.78 Å². The molecule has 0 radical (unpaired) electrons. The molecule has 1 rings (SSSR count). The van der Waals surface area contributed by atoms with E-state index in [0.29, 0.717) is 3.70 Å². The zero-order valence-corrected chi connectivity index (χ0v) is 10.9. The van der Waals surface area contributed by atoms with Gasteiger partial charge in [-0.1, -0.05) is 0 Å². The molecule has 0 bridgehead atoms. The lowest BCUT2D eigenvalue weighted by atomic mass is 10.1. The monoisotopic (exact) mass is 352 g/mol. The van der Waals surface area contributed by atoms with Crippen molar-refractivity contribution in [2.75, 3.05) is 7.11 Å². The SMILES string of the molecule is COC(=O)Cc1nc(I)cc(C(F)F)c1C#N. The van der Waals surface area contributed by atoms with E-state index >= 15 is 0 Å². The molecular weight excluding hydrogens is 345 g/mol. The van der Waals surface area contributed by atoms with Crippen molar-refractivity contribution in [3.8, 4) is 6.07 Å². The molecular formula is C10H7F2IN2O2. The van der Waals surface area contributed by atoms with Crippen molar-refractivity contribution >= 4 is 28.6 Å². The predicted octanol–water partition coefficient (Wildman–Crippen LogP) is 2.21. The fourth-order valence-corrected chi connectivity index (χ4v) is 1.85. The van der Waals surface area contributed by atoms with E-state index in [1.165, 1.54) is 7.11 Å². The van der Waals surface area contributed by atoms with Crippen molar-refractivity contribution in [1.29, 1.82) is 5.26 Å². The second kappa shape index (κ2) is 5.86. The van der Waals surface area contributed by atoms with Gasteiger partial charge in [-0.15, -0.1) is 0 Å². The van der Waals surface area contributed by atoms with Crippen LogP contribution in [0, 0.1) is 15.0 Å². The van der Waals surface area contributed by atoms with Crippen LogP contribution in [-0.4, -0.2) is 18.1 Å². The smallest absolute Gasteiger partial charge is 0.311 e. The molecule has 1 heterocycles. The number of methoxy groups -OCH3 is 1.